The number of aromatic nitrogens is 2. The van der Waals surface area contributed by atoms with Crippen molar-refractivity contribution in [1.29, 1.82) is 0 Å². The largest absolute Gasteiger partial charge is 0.411 e. The van der Waals surface area contributed by atoms with Gasteiger partial charge in [-0.05, 0) is 36.2 Å². The highest BCUT2D eigenvalue weighted by atomic mass is 28.4. The van der Waals surface area contributed by atoms with Crippen molar-refractivity contribution in [3.05, 3.63) is 68.0 Å². The fraction of sp³-hybridized carbons (Fsp3) is 0.583. The van der Waals surface area contributed by atoms with Crippen molar-refractivity contribution in [2.75, 3.05) is 6.61 Å². The molecule has 1 saturated heterocycles. The Bertz CT molecular complexity index is 1070. The number of rotatable bonds is 8. The van der Waals surface area contributed by atoms with Gasteiger partial charge in [0.15, 0.2) is 8.32 Å². The number of nitrogens with one attached hydrogen (secondary N) is 1. The Hall–Kier alpha value is -2.04. The molecule has 0 bridgehead atoms. The van der Waals surface area contributed by atoms with Crippen molar-refractivity contribution in [3.63, 3.8) is 0 Å². The first-order chi connectivity index (χ1) is 15.4. The summed E-state index contributed by atoms with van der Waals surface area (Å²) >= 11 is 0. The van der Waals surface area contributed by atoms with Gasteiger partial charge in [0.2, 0.25) is 0 Å². The number of aliphatic hydroxyl groups is 1. The van der Waals surface area contributed by atoms with Crippen LogP contribution < -0.4 is 11.2 Å². The molecular formula is C24H36N2O6Si. The highest BCUT2D eigenvalue weighted by Gasteiger charge is 2.45. The van der Waals surface area contributed by atoms with Crippen LogP contribution in [0.5, 0.6) is 0 Å². The minimum atomic E-state index is -2.10. The van der Waals surface area contributed by atoms with Crippen molar-refractivity contribution in [2.24, 2.45) is 0 Å². The first-order valence-corrected chi connectivity index (χ1v) is 14.2. The van der Waals surface area contributed by atoms with Crippen LogP contribution >= 0.6 is 0 Å². The summed E-state index contributed by atoms with van der Waals surface area (Å²) < 4.78 is 19.6. The van der Waals surface area contributed by atoms with Crippen molar-refractivity contribution in [1.82, 2.24) is 9.55 Å². The molecule has 0 radical (unpaired) electrons. The number of benzene rings is 1. The summed E-state index contributed by atoms with van der Waals surface area (Å²) in [6.45, 7) is 12.9. The Labute approximate surface area is 195 Å². The maximum absolute atomic E-state index is 12.6. The average molecular weight is 477 g/mol. The molecule has 8 nitrogen and oxygen atoms in total. The van der Waals surface area contributed by atoms with Crippen LogP contribution in [0.2, 0.25) is 18.1 Å². The maximum Gasteiger partial charge on any atom is 0.330 e. The van der Waals surface area contributed by atoms with Crippen molar-refractivity contribution in [3.8, 4) is 0 Å². The molecule has 3 atom stereocenters. The van der Waals surface area contributed by atoms with E-state index in [0.717, 1.165) is 11.1 Å². The number of aromatic amines is 1. The zero-order chi connectivity index (χ0) is 24.4. The Morgan fingerprint density at radius 3 is 2.48 bits per heavy atom. The molecule has 0 spiro atoms. The standard InChI is InChI=1S/C24H36N2O6Si/c1-16-9-7-8-10-17(16)14-30-15-18-12-26(23(29)25-22(18)28)21-11-19(20(13-27)31-21)32-33(5,6)24(2,3)4/h7-10,12,19-21,27H,11,13-15H2,1-6H3,(H,25,28,29)/t19?,20-,21-/m1/s1. The molecule has 2 aromatic rings. The van der Waals surface area contributed by atoms with Crippen LogP contribution in [-0.2, 0) is 27.1 Å². The van der Waals surface area contributed by atoms with E-state index in [2.05, 4.69) is 38.8 Å². The van der Waals surface area contributed by atoms with Gasteiger partial charge in [-0.15, -0.1) is 0 Å². The van der Waals surface area contributed by atoms with Gasteiger partial charge in [0.05, 0.1) is 31.5 Å². The topological polar surface area (TPSA) is 103 Å². The molecule has 0 saturated carbocycles. The third-order valence-corrected chi connectivity index (χ3v) is 11.2. The van der Waals surface area contributed by atoms with E-state index in [1.54, 1.807) is 0 Å². The van der Waals surface area contributed by atoms with E-state index >= 15 is 0 Å². The predicted octanol–water partition coefficient (Wildman–Crippen LogP) is 3.23. The lowest BCUT2D eigenvalue weighted by Gasteiger charge is -2.39. The lowest BCUT2D eigenvalue weighted by atomic mass is 10.1. The van der Waals surface area contributed by atoms with Gasteiger partial charge >= 0.3 is 5.69 Å². The van der Waals surface area contributed by atoms with Crippen molar-refractivity contribution < 1.29 is 19.0 Å². The van der Waals surface area contributed by atoms with Gasteiger partial charge in [0.1, 0.15) is 12.3 Å². The van der Waals surface area contributed by atoms with E-state index in [4.69, 9.17) is 13.9 Å². The summed E-state index contributed by atoms with van der Waals surface area (Å²) in [5.74, 6) is 0. The fourth-order valence-corrected chi connectivity index (χ4v) is 4.96. The van der Waals surface area contributed by atoms with E-state index in [1.165, 1.54) is 10.8 Å². The summed E-state index contributed by atoms with van der Waals surface area (Å²) in [6.07, 6.45) is 0.389. The maximum atomic E-state index is 12.6. The summed E-state index contributed by atoms with van der Waals surface area (Å²) in [7, 11) is -2.10. The molecule has 3 rings (SSSR count). The van der Waals surface area contributed by atoms with E-state index in [-0.39, 0.29) is 24.4 Å². The molecular weight excluding hydrogens is 440 g/mol. The lowest BCUT2D eigenvalue weighted by molar-refractivity contribution is -0.0441. The number of aryl methyl sites for hydroxylation is 1. The second-order valence-electron chi connectivity index (χ2n) is 10.2. The van der Waals surface area contributed by atoms with Crippen LogP contribution in [0, 0.1) is 6.92 Å². The first kappa shape index (κ1) is 25.6. The normalized spacial score (nSPS) is 21.5. The number of hydrogen-bond donors (Lipinski definition) is 2. The zero-order valence-corrected chi connectivity index (χ0v) is 21.4. The summed E-state index contributed by atoms with van der Waals surface area (Å²) in [4.78, 5) is 27.3. The number of hydrogen-bond acceptors (Lipinski definition) is 6. The highest BCUT2D eigenvalue weighted by Crippen LogP contribution is 2.40. The van der Waals surface area contributed by atoms with E-state index in [9.17, 15) is 14.7 Å². The molecule has 1 aromatic heterocycles. The number of aliphatic hydroxyl groups excluding tert-OH is 1. The predicted molar refractivity (Wildman–Crippen MR) is 129 cm³/mol. The zero-order valence-electron chi connectivity index (χ0n) is 20.4. The third-order valence-electron chi connectivity index (χ3n) is 6.74. The van der Waals surface area contributed by atoms with Crippen molar-refractivity contribution in [2.45, 2.75) is 83.9 Å². The van der Waals surface area contributed by atoms with E-state index in [1.807, 2.05) is 31.2 Å². The molecule has 2 heterocycles. The monoisotopic (exact) mass is 476 g/mol. The minimum Gasteiger partial charge on any atom is -0.411 e. The molecule has 0 aliphatic carbocycles. The van der Waals surface area contributed by atoms with Gasteiger partial charge in [-0.25, -0.2) is 4.79 Å². The Balaban J connectivity index is 1.75. The summed E-state index contributed by atoms with van der Waals surface area (Å²) in [5, 5.41) is 9.86. The summed E-state index contributed by atoms with van der Waals surface area (Å²) in [5.41, 5.74) is 1.45. The van der Waals surface area contributed by atoms with Gasteiger partial charge in [0, 0.05) is 12.6 Å². The molecule has 2 N–H and O–H groups in total. The summed E-state index contributed by atoms with van der Waals surface area (Å²) in [6, 6.07) is 7.88. The molecule has 1 aliphatic rings. The molecule has 1 unspecified atom stereocenters. The second-order valence-corrected chi connectivity index (χ2v) is 15.0. The number of nitrogens with zero attached hydrogens (tertiary/aromatic N) is 1. The van der Waals surface area contributed by atoms with Crippen LogP contribution in [0.1, 0.15) is 50.1 Å². The SMILES string of the molecule is Cc1ccccc1COCc1cn([C@H]2CC(O[Si](C)(C)C(C)(C)C)[C@@H](CO)O2)c(=O)[nH]c1=O. The Kier molecular flexibility index (Phi) is 7.80. The van der Waals surface area contributed by atoms with Crippen LogP contribution in [0.15, 0.2) is 40.1 Å². The van der Waals surface area contributed by atoms with Gasteiger partial charge in [-0.1, -0.05) is 45.0 Å². The minimum absolute atomic E-state index is 0.00152. The molecule has 1 fully saturated rings. The van der Waals surface area contributed by atoms with E-state index in [0.29, 0.717) is 18.6 Å². The molecule has 9 heteroatoms. The van der Waals surface area contributed by atoms with E-state index < -0.39 is 31.9 Å². The number of ether oxygens (including phenoxy) is 2. The highest BCUT2D eigenvalue weighted by molar-refractivity contribution is 6.74. The first-order valence-electron chi connectivity index (χ1n) is 11.3. The van der Waals surface area contributed by atoms with Gasteiger partial charge in [-0.2, -0.15) is 0 Å². The van der Waals surface area contributed by atoms with Gasteiger partial charge in [0.25, 0.3) is 5.56 Å². The molecule has 33 heavy (non-hydrogen) atoms. The quantitative estimate of drug-likeness (QED) is 0.567. The molecule has 182 valence electrons. The second kappa shape index (κ2) is 10.1. The van der Waals surface area contributed by atoms with Crippen LogP contribution in [0.4, 0.5) is 0 Å². The Morgan fingerprint density at radius 2 is 1.85 bits per heavy atom. The average Bonchev–Trinajstić information content (AvgIpc) is 3.12. The molecule has 0 amide bonds. The van der Waals surface area contributed by atoms with Crippen LogP contribution in [0.25, 0.3) is 0 Å². The van der Waals surface area contributed by atoms with Gasteiger partial charge in [-0.3, -0.25) is 14.3 Å². The smallest absolute Gasteiger partial charge is 0.330 e. The lowest BCUT2D eigenvalue weighted by Crippen LogP contribution is -2.46. The number of H-pyrrole nitrogens is 1. The fourth-order valence-electron chi connectivity index (χ4n) is 3.60. The Morgan fingerprint density at radius 1 is 1.18 bits per heavy atom. The van der Waals surface area contributed by atoms with Crippen molar-refractivity contribution >= 4 is 8.32 Å². The molecule has 1 aromatic carbocycles. The third kappa shape index (κ3) is 5.91. The van der Waals surface area contributed by atoms with Crippen LogP contribution in [0.3, 0.4) is 0 Å². The van der Waals surface area contributed by atoms with Crippen LogP contribution in [-0.4, -0.2) is 41.8 Å². The molecule has 1 aliphatic heterocycles. The van der Waals surface area contributed by atoms with Gasteiger partial charge < -0.3 is 19.0 Å².